The van der Waals surface area contributed by atoms with Crippen LogP contribution in [0.5, 0.6) is 0 Å². The predicted molar refractivity (Wildman–Crippen MR) is 63.6 cm³/mol. The maximum atomic E-state index is 5.99. The lowest BCUT2D eigenvalue weighted by Gasteiger charge is -2.11. The molecular formula is C12H17ClN2O. The molecule has 2 heterocycles. The zero-order valence-electron chi connectivity index (χ0n) is 9.74. The van der Waals surface area contributed by atoms with Gasteiger partial charge < -0.3 is 4.74 Å². The Kier molecular flexibility index (Phi) is 3.77. The standard InChI is InChI=1S/C12H17ClN2O/c1-3-4-9-7-11(13)15-12(14-9)10-6-5-8(2)16-10/h7-8,10H,3-6H2,1-2H3. The van der Waals surface area contributed by atoms with E-state index in [9.17, 15) is 0 Å². The summed E-state index contributed by atoms with van der Waals surface area (Å²) < 4.78 is 5.75. The summed E-state index contributed by atoms with van der Waals surface area (Å²) in [5.41, 5.74) is 1.01. The van der Waals surface area contributed by atoms with Crippen molar-refractivity contribution in [3.05, 3.63) is 22.7 Å². The molecule has 0 aromatic carbocycles. The van der Waals surface area contributed by atoms with Gasteiger partial charge in [0.25, 0.3) is 0 Å². The van der Waals surface area contributed by atoms with Crippen molar-refractivity contribution in [2.45, 2.75) is 51.7 Å². The second kappa shape index (κ2) is 5.11. The summed E-state index contributed by atoms with van der Waals surface area (Å²) in [6, 6.07) is 1.84. The van der Waals surface area contributed by atoms with Crippen LogP contribution < -0.4 is 0 Å². The topological polar surface area (TPSA) is 35.0 Å². The van der Waals surface area contributed by atoms with E-state index in [1.807, 2.05) is 6.07 Å². The maximum Gasteiger partial charge on any atom is 0.159 e. The van der Waals surface area contributed by atoms with Crippen LogP contribution in [0.1, 0.15) is 50.7 Å². The molecule has 0 N–H and O–H groups in total. The van der Waals surface area contributed by atoms with E-state index in [1.165, 1.54) is 0 Å². The van der Waals surface area contributed by atoms with Crippen molar-refractivity contribution in [1.82, 2.24) is 9.97 Å². The lowest BCUT2D eigenvalue weighted by atomic mass is 10.2. The van der Waals surface area contributed by atoms with Crippen LogP contribution in [-0.4, -0.2) is 16.1 Å². The lowest BCUT2D eigenvalue weighted by molar-refractivity contribution is 0.0501. The smallest absolute Gasteiger partial charge is 0.159 e. The van der Waals surface area contributed by atoms with Crippen LogP contribution in [0.2, 0.25) is 5.15 Å². The van der Waals surface area contributed by atoms with Gasteiger partial charge in [0.05, 0.1) is 6.10 Å². The molecule has 4 heteroatoms. The highest BCUT2D eigenvalue weighted by Gasteiger charge is 2.26. The van der Waals surface area contributed by atoms with E-state index in [0.29, 0.717) is 11.3 Å². The first-order valence-corrected chi connectivity index (χ1v) is 6.25. The molecule has 1 aliphatic heterocycles. The first-order chi connectivity index (χ1) is 7.69. The van der Waals surface area contributed by atoms with Gasteiger partial charge >= 0.3 is 0 Å². The molecule has 1 saturated heterocycles. The molecule has 1 aromatic heterocycles. The number of nitrogens with zero attached hydrogens (tertiary/aromatic N) is 2. The first kappa shape index (κ1) is 11.8. The Bertz CT molecular complexity index is 370. The van der Waals surface area contributed by atoms with E-state index in [-0.39, 0.29) is 6.10 Å². The minimum Gasteiger partial charge on any atom is -0.367 e. The zero-order chi connectivity index (χ0) is 11.5. The number of halogens is 1. The van der Waals surface area contributed by atoms with Gasteiger partial charge in [-0.25, -0.2) is 9.97 Å². The molecule has 0 radical (unpaired) electrons. The maximum absolute atomic E-state index is 5.99. The van der Waals surface area contributed by atoms with Crippen molar-refractivity contribution in [2.24, 2.45) is 0 Å². The highest BCUT2D eigenvalue weighted by molar-refractivity contribution is 6.29. The number of rotatable bonds is 3. The zero-order valence-corrected chi connectivity index (χ0v) is 10.5. The summed E-state index contributed by atoms with van der Waals surface area (Å²) in [6.07, 6.45) is 4.41. The summed E-state index contributed by atoms with van der Waals surface area (Å²) >= 11 is 5.99. The molecule has 2 rings (SSSR count). The summed E-state index contributed by atoms with van der Waals surface area (Å²) in [5.74, 6) is 0.750. The number of aromatic nitrogens is 2. The molecule has 1 aromatic rings. The fourth-order valence-electron chi connectivity index (χ4n) is 2.00. The normalized spacial score (nSPS) is 24.9. The molecular weight excluding hydrogens is 224 g/mol. The van der Waals surface area contributed by atoms with E-state index in [0.717, 1.165) is 37.2 Å². The van der Waals surface area contributed by atoms with E-state index in [4.69, 9.17) is 16.3 Å². The second-order valence-corrected chi connectivity index (χ2v) is 4.69. The van der Waals surface area contributed by atoms with Crippen LogP contribution in [0.3, 0.4) is 0 Å². The third-order valence-corrected chi connectivity index (χ3v) is 2.98. The SMILES string of the molecule is CCCc1cc(Cl)nc(C2CCC(C)O2)n1. The van der Waals surface area contributed by atoms with Crippen molar-refractivity contribution in [3.63, 3.8) is 0 Å². The molecule has 3 nitrogen and oxygen atoms in total. The van der Waals surface area contributed by atoms with Crippen LogP contribution in [-0.2, 0) is 11.2 Å². The van der Waals surface area contributed by atoms with Crippen molar-refractivity contribution < 1.29 is 4.74 Å². The van der Waals surface area contributed by atoms with Gasteiger partial charge in [-0.2, -0.15) is 0 Å². The first-order valence-electron chi connectivity index (χ1n) is 5.88. The molecule has 88 valence electrons. The molecule has 0 bridgehead atoms. The minimum atomic E-state index is 0.0318. The number of ether oxygens (including phenoxy) is 1. The van der Waals surface area contributed by atoms with Gasteiger partial charge in [0.15, 0.2) is 5.82 Å². The van der Waals surface area contributed by atoms with Crippen molar-refractivity contribution >= 4 is 11.6 Å². The molecule has 1 aliphatic rings. The summed E-state index contributed by atoms with van der Waals surface area (Å²) in [5, 5.41) is 0.525. The van der Waals surface area contributed by atoms with Crippen LogP contribution in [0.25, 0.3) is 0 Å². The van der Waals surface area contributed by atoms with Gasteiger partial charge in [0, 0.05) is 5.69 Å². The van der Waals surface area contributed by atoms with E-state index in [1.54, 1.807) is 0 Å². The fraction of sp³-hybridized carbons (Fsp3) is 0.667. The average Bonchev–Trinajstić information content (AvgIpc) is 2.64. The van der Waals surface area contributed by atoms with E-state index < -0.39 is 0 Å². The lowest BCUT2D eigenvalue weighted by Crippen LogP contribution is -2.07. The quantitative estimate of drug-likeness (QED) is 0.761. The predicted octanol–water partition coefficient (Wildman–Crippen LogP) is 3.32. The summed E-state index contributed by atoms with van der Waals surface area (Å²) in [4.78, 5) is 8.78. The van der Waals surface area contributed by atoms with E-state index >= 15 is 0 Å². The molecule has 1 fully saturated rings. The van der Waals surface area contributed by atoms with Gasteiger partial charge in [0.1, 0.15) is 11.3 Å². The second-order valence-electron chi connectivity index (χ2n) is 4.30. The Labute approximate surface area is 101 Å². The highest BCUT2D eigenvalue weighted by atomic mass is 35.5. The Morgan fingerprint density at radius 3 is 2.88 bits per heavy atom. The Hall–Kier alpha value is -0.670. The van der Waals surface area contributed by atoms with Gasteiger partial charge in [-0.1, -0.05) is 24.9 Å². The fourth-order valence-corrected chi connectivity index (χ4v) is 2.22. The molecule has 0 amide bonds. The molecule has 2 unspecified atom stereocenters. The molecule has 0 saturated carbocycles. The van der Waals surface area contributed by atoms with Crippen molar-refractivity contribution in [3.8, 4) is 0 Å². The Morgan fingerprint density at radius 2 is 2.25 bits per heavy atom. The average molecular weight is 241 g/mol. The van der Waals surface area contributed by atoms with Gasteiger partial charge in [-0.3, -0.25) is 0 Å². The van der Waals surface area contributed by atoms with Gasteiger partial charge in [-0.05, 0) is 32.3 Å². The Morgan fingerprint density at radius 1 is 1.44 bits per heavy atom. The van der Waals surface area contributed by atoms with Gasteiger partial charge in [0.2, 0.25) is 0 Å². The Balaban J connectivity index is 2.20. The van der Waals surface area contributed by atoms with Crippen LogP contribution in [0, 0.1) is 0 Å². The van der Waals surface area contributed by atoms with Crippen LogP contribution >= 0.6 is 11.6 Å². The minimum absolute atomic E-state index is 0.0318. The molecule has 0 aliphatic carbocycles. The van der Waals surface area contributed by atoms with Crippen molar-refractivity contribution in [1.29, 1.82) is 0 Å². The number of aryl methyl sites for hydroxylation is 1. The van der Waals surface area contributed by atoms with Crippen LogP contribution in [0.15, 0.2) is 6.07 Å². The highest BCUT2D eigenvalue weighted by Crippen LogP contribution is 2.31. The number of hydrogen-bond acceptors (Lipinski definition) is 3. The van der Waals surface area contributed by atoms with Crippen molar-refractivity contribution in [2.75, 3.05) is 0 Å². The third-order valence-electron chi connectivity index (χ3n) is 2.79. The van der Waals surface area contributed by atoms with E-state index in [2.05, 4.69) is 23.8 Å². The summed E-state index contributed by atoms with van der Waals surface area (Å²) in [7, 11) is 0. The number of hydrogen-bond donors (Lipinski definition) is 0. The largest absolute Gasteiger partial charge is 0.367 e. The molecule has 16 heavy (non-hydrogen) atoms. The monoisotopic (exact) mass is 240 g/mol. The molecule has 2 atom stereocenters. The third kappa shape index (κ3) is 2.71. The molecule has 0 spiro atoms. The van der Waals surface area contributed by atoms with Crippen LogP contribution in [0.4, 0.5) is 0 Å². The summed E-state index contributed by atoms with van der Waals surface area (Å²) in [6.45, 7) is 4.21. The van der Waals surface area contributed by atoms with Gasteiger partial charge in [-0.15, -0.1) is 0 Å².